The first kappa shape index (κ1) is 56.0. The molecule has 3 atom stereocenters. The predicted octanol–water partition coefficient (Wildman–Crippen LogP) is 13.1. The topological polar surface area (TPSA) is 108 Å². The highest BCUT2D eigenvalue weighted by atomic mass is 31.2. The average molecular weight is 827 g/mol. The minimum Gasteiger partial charge on any atom is -0.756 e. The molecule has 0 aliphatic heterocycles. The van der Waals surface area contributed by atoms with Crippen LogP contribution < -0.4 is 10.2 Å². The first-order valence-corrected chi connectivity index (χ1v) is 25.7. The largest absolute Gasteiger partial charge is 0.756 e. The van der Waals surface area contributed by atoms with Gasteiger partial charge in [-0.2, -0.15) is 0 Å². The number of hydrogen-bond donors (Lipinski definition) is 2. The molecule has 338 valence electrons. The fourth-order valence-electron chi connectivity index (χ4n) is 7.05. The van der Waals surface area contributed by atoms with Crippen molar-refractivity contribution in [1.82, 2.24) is 5.32 Å². The number of hydrogen-bond acceptors (Lipinski definition) is 6. The van der Waals surface area contributed by atoms with Gasteiger partial charge in [-0.1, -0.05) is 212 Å². The van der Waals surface area contributed by atoms with E-state index in [2.05, 4.69) is 31.3 Å². The van der Waals surface area contributed by atoms with Crippen molar-refractivity contribution in [1.29, 1.82) is 0 Å². The number of nitrogens with zero attached hydrogens (tertiary/aromatic N) is 1. The summed E-state index contributed by atoms with van der Waals surface area (Å²) in [6, 6.07) is -0.898. The molecular formula is C48H95N2O6P. The van der Waals surface area contributed by atoms with E-state index in [1.165, 1.54) is 167 Å². The summed E-state index contributed by atoms with van der Waals surface area (Å²) in [4.78, 5) is 25.3. The van der Waals surface area contributed by atoms with E-state index in [9.17, 15) is 19.4 Å². The number of phosphoric acid groups is 1. The Morgan fingerprint density at radius 2 is 0.982 bits per heavy atom. The van der Waals surface area contributed by atoms with Gasteiger partial charge in [0.05, 0.1) is 39.9 Å². The van der Waals surface area contributed by atoms with Crippen molar-refractivity contribution in [2.75, 3.05) is 40.9 Å². The standard InChI is InChI=1S/C48H95N2O6P/c1-6-8-10-12-14-16-18-20-22-23-24-25-26-28-30-32-34-36-38-40-42-48(52)49-46(45-56-57(53,54)55-44-43-50(3,4)5)47(51)41-39-37-35-33-31-29-27-21-19-17-15-13-11-9-7-2/h31,33,39,41,46-47,51H,6-30,32,34-38,40,42-45H2,1-5H3,(H-,49,52,53,54)/b33-31+,41-39+. The van der Waals surface area contributed by atoms with Crippen LogP contribution in [0.15, 0.2) is 24.3 Å². The number of carbonyl (C=O) groups is 1. The number of phosphoric ester groups is 1. The molecule has 0 heterocycles. The van der Waals surface area contributed by atoms with Gasteiger partial charge in [0.1, 0.15) is 13.2 Å². The molecule has 3 unspecified atom stereocenters. The summed E-state index contributed by atoms with van der Waals surface area (Å²) < 4.78 is 23.2. The van der Waals surface area contributed by atoms with Gasteiger partial charge in [-0.3, -0.25) is 9.36 Å². The Kier molecular flexibility index (Phi) is 39.7. The van der Waals surface area contributed by atoms with E-state index >= 15 is 0 Å². The molecule has 0 bridgehead atoms. The molecule has 0 fully saturated rings. The molecule has 2 N–H and O–H groups in total. The van der Waals surface area contributed by atoms with Crippen molar-refractivity contribution in [3.8, 4) is 0 Å². The Morgan fingerprint density at radius 3 is 1.42 bits per heavy atom. The number of likely N-dealkylation sites (N-methyl/N-ethyl adjacent to an activating group) is 1. The van der Waals surface area contributed by atoms with E-state index in [0.29, 0.717) is 17.4 Å². The number of nitrogens with one attached hydrogen (secondary N) is 1. The summed E-state index contributed by atoms with van der Waals surface area (Å²) in [6.45, 7) is 4.64. The second kappa shape index (κ2) is 40.4. The number of rotatable bonds is 44. The SMILES string of the molecule is CCCCCCCCCCC/C=C/CC/C=C/C(O)C(COP(=O)([O-])OCC[N+](C)(C)C)NC(=O)CCCCCCCCCCCCCCCCCCCCCC. The van der Waals surface area contributed by atoms with Crippen molar-refractivity contribution in [2.45, 2.75) is 238 Å². The van der Waals surface area contributed by atoms with Crippen LogP contribution in [0.4, 0.5) is 0 Å². The Labute approximate surface area is 354 Å². The lowest BCUT2D eigenvalue weighted by molar-refractivity contribution is -0.870. The third-order valence-corrected chi connectivity index (χ3v) is 11.9. The molecule has 0 aliphatic carbocycles. The van der Waals surface area contributed by atoms with E-state index in [-0.39, 0.29) is 19.1 Å². The van der Waals surface area contributed by atoms with E-state index in [0.717, 1.165) is 38.5 Å². The van der Waals surface area contributed by atoms with Gasteiger partial charge in [0.15, 0.2) is 0 Å². The van der Waals surface area contributed by atoms with E-state index in [1.807, 2.05) is 27.2 Å². The second-order valence-electron chi connectivity index (χ2n) is 17.8. The Morgan fingerprint density at radius 1 is 0.596 bits per heavy atom. The number of quaternary nitrogens is 1. The van der Waals surface area contributed by atoms with Crippen LogP contribution in [0, 0.1) is 0 Å². The number of carbonyl (C=O) groups excluding carboxylic acids is 1. The molecule has 9 heteroatoms. The van der Waals surface area contributed by atoms with Crippen molar-refractivity contribution in [3.05, 3.63) is 24.3 Å². The smallest absolute Gasteiger partial charge is 0.268 e. The van der Waals surface area contributed by atoms with Crippen molar-refractivity contribution in [2.24, 2.45) is 0 Å². The summed E-state index contributed by atoms with van der Waals surface area (Å²) in [5.41, 5.74) is 0. The number of aliphatic hydroxyl groups excluding tert-OH is 1. The van der Waals surface area contributed by atoms with Gasteiger partial charge in [-0.05, 0) is 32.1 Å². The van der Waals surface area contributed by atoms with Gasteiger partial charge >= 0.3 is 0 Å². The number of aliphatic hydroxyl groups is 1. The highest BCUT2D eigenvalue weighted by Gasteiger charge is 2.23. The molecular weight excluding hydrogens is 732 g/mol. The van der Waals surface area contributed by atoms with Crippen molar-refractivity contribution >= 4 is 13.7 Å². The molecule has 57 heavy (non-hydrogen) atoms. The van der Waals surface area contributed by atoms with E-state index < -0.39 is 20.0 Å². The van der Waals surface area contributed by atoms with Gasteiger partial charge in [0.25, 0.3) is 7.82 Å². The molecule has 0 spiro atoms. The summed E-state index contributed by atoms with van der Waals surface area (Å²) in [5.74, 6) is -0.204. The Bertz CT molecular complexity index is 984. The van der Waals surface area contributed by atoms with Crippen LogP contribution in [0.25, 0.3) is 0 Å². The lowest BCUT2D eigenvalue weighted by Gasteiger charge is -2.29. The fraction of sp³-hybridized carbons (Fsp3) is 0.896. The zero-order valence-corrected chi connectivity index (χ0v) is 39.2. The summed E-state index contributed by atoms with van der Waals surface area (Å²) >= 11 is 0. The molecule has 0 aliphatic rings. The minimum absolute atomic E-state index is 0.00412. The maximum atomic E-state index is 12.9. The minimum atomic E-state index is -4.59. The monoisotopic (exact) mass is 827 g/mol. The first-order chi connectivity index (χ1) is 27.5. The van der Waals surface area contributed by atoms with Gasteiger partial charge in [-0.15, -0.1) is 0 Å². The first-order valence-electron chi connectivity index (χ1n) is 24.2. The quantitative estimate of drug-likeness (QED) is 0.0274. The average Bonchev–Trinajstić information content (AvgIpc) is 3.16. The van der Waals surface area contributed by atoms with E-state index in [1.54, 1.807) is 6.08 Å². The van der Waals surface area contributed by atoms with Crippen molar-refractivity contribution < 1.29 is 32.9 Å². The molecule has 0 rings (SSSR count). The molecule has 0 aromatic carbocycles. The molecule has 1 amide bonds. The molecule has 0 radical (unpaired) electrons. The lowest BCUT2D eigenvalue weighted by atomic mass is 10.0. The maximum Gasteiger partial charge on any atom is 0.268 e. The molecule has 0 aromatic rings. The van der Waals surface area contributed by atoms with Crippen LogP contribution >= 0.6 is 7.82 Å². The van der Waals surface area contributed by atoms with Crippen LogP contribution in [0.5, 0.6) is 0 Å². The van der Waals surface area contributed by atoms with Crippen LogP contribution in [0.3, 0.4) is 0 Å². The van der Waals surface area contributed by atoms with Gasteiger partial charge in [0, 0.05) is 6.42 Å². The van der Waals surface area contributed by atoms with Crippen LogP contribution in [-0.4, -0.2) is 68.5 Å². The van der Waals surface area contributed by atoms with E-state index in [4.69, 9.17) is 9.05 Å². The zero-order chi connectivity index (χ0) is 42.1. The molecule has 0 saturated heterocycles. The summed E-state index contributed by atoms with van der Waals surface area (Å²) in [7, 11) is 1.25. The Balaban J connectivity index is 4.34. The maximum absolute atomic E-state index is 12.9. The zero-order valence-electron chi connectivity index (χ0n) is 38.3. The third kappa shape index (κ3) is 42.9. The fourth-order valence-corrected chi connectivity index (χ4v) is 7.77. The van der Waals surface area contributed by atoms with Gasteiger partial charge in [0.2, 0.25) is 5.91 Å². The lowest BCUT2D eigenvalue weighted by Crippen LogP contribution is -2.45. The highest BCUT2D eigenvalue weighted by molar-refractivity contribution is 7.45. The molecule has 8 nitrogen and oxygen atoms in total. The van der Waals surface area contributed by atoms with Crippen LogP contribution in [0.1, 0.15) is 226 Å². The van der Waals surface area contributed by atoms with Crippen LogP contribution in [-0.2, 0) is 18.4 Å². The normalized spacial score (nSPS) is 14.4. The summed E-state index contributed by atoms with van der Waals surface area (Å²) in [6.07, 6.45) is 48.0. The van der Waals surface area contributed by atoms with Gasteiger partial charge in [-0.25, -0.2) is 0 Å². The Hall–Kier alpha value is -1.02. The van der Waals surface area contributed by atoms with Crippen molar-refractivity contribution in [3.63, 3.8) is 0 Å². The number of allylic oxidation sites excluding steroid dienone is 3. The summed E-state index contributed by atoms with van der Waals surface area (Å²) in [5, 5.41) is 13.8. The molecule has 0 aromatic heterocycles. The van der Waals surface area contributed by atoms with Gasteiger partial charge < -0.3 is 28.8 Å². The number of unbranched alkanes of at least 4 members (excludes halogenated alkanes) is 29. The predicted molar refractivity (Wildman–Crippen MR) is 242 cm³/mol. The van der Waals surface area contributed by atoms with Crippen LogP contribution in [0.2, 0.25) is 0 Å². The molecule has 0 saturated carbocycles. The highest BCUT2D eigenvalue weighted by Crippen LogP contribution is 2.38. The third-order valence-electron chi connectivity index (χ3n) is 10.9. The number of amides is 1. The second-order valence-corrected chi connectivity index (χ2v) is 19.2.